The van der Waals surface area contributed by atoms with E-state index in [-0.39, 0.29) is 24.5 Å². The van der Waals surface area contributed by atoms with Crippen molar-refractivity contribution in [1.29, 1.82) is 0 Å². The SMILES string of the molecule is O=C(O)c1ccc(C(F)(F)F)nc1NCCCCCO. The molecule has 20 heavy (non-hydrogen) atoms. The number of alkyl halides is 3. The molecule has 0 atom stereocenters. The fourth-order valence-electron chi connectivity index (χ4n) is 1.54. The molecular formula is C12H15F3N2O3. The van der Waals surface area contributed by atoms with Gasteiger partial charge in [0.2, 0.25) is 0 Å². The van der Waals surface area contributed by atoms with Gasteiger partial charge in [-0.2, -0.15) is 13.2 Å². The number of carboxylic acids is 1. The molecule has 0 bridgehead atoms. The van der Waals surface area contributed by atoms with E-state index >= 15 is 0 Å². The fraction of sp³-hybridized carbons (Fsp3) is 0.500. The topological polar surface area (TPSA) is 82.5 Å². The fourth-order valence-corrected chi connectivity index (χ4v) is 1.54. The van der Waals surface area contributed by atoms with Gasteiger partial charge in [-0.25, -0.2) is 9.78 Å². The minimum Gasteiger partial charge on any atom is -0.478 e. The largest absolute Gasteiger partial charge is 0.478 e. The summed E-state index contributed by atoms with van der Waals surface area (Å²) in [6.45, 7) is 0.330. The van der Waals surface area contributed by atoms with Crippen molar-refractivity contribution in [2.45, 2.75) is 25.4 Å². The highest BCUT2D eigenvalue weighted by atomic mass is 19.4. The van der Waals surface area contributed by atoms with E-state index in [1.807, 2.05) is 0 Å². The zero-order valence-corrected chi connectivity index (χ0v) is 10.6. The van der Waals surface area contributed by atoms with Gasteiger partial charge in [-0.3, -0.25) is 0 Å². The van der Waals surface area contributed by atoms with Gasteiger partial charge in [0.1, 0.15) is 17.1 Å². The van der Waals surface area contributed by atoms with Crippen LogP contribution in [0, 0.1) is 0 Å². The van der Waals surface area contributed by atoms with Crippen LogP contribution in [0.4, 0.5) is 19.0 Å². The van der Waals surface area contributed by atoms with Crippen LogP contribution in [0.2, 0.25) is 0 Å². The van der Waals surface area contributed by atoms with E-state index in [1.54, 1.807) is 0 Å². The molecule has 0 unspecified atom stereocenters. The Balaban J connectivity index is 2.81. The maximum atomic E-state index is 12.5. The van der Waals surface area contributed by atoms with E-state index < -0.39 is 17.8 Å². The first-order valence-corrected chi connectivity index (χ1v) is 6.02. The lowest BCUT2D eigenvalue weighted by molar-refractivity contribution is -0.141. The van der Waals surface area contributed by atoms with Crippen molar-refractivity contribution >= 4 is 11.8 Å². The first-order valence-electron chi connectivity index (χ1n) is 6.02. The number of aliphatic hydroxyl groups excluding tert-OH is 1. The number of halogens is 3. The molecule has 5 nitrogen and oxygen atoms in total. The van der Waals surface area contributed by atoms with Crippen LogP contribution >= 0.6 is 0 Å². The first-order chi connectivity index (χ1) is 9.36. The molecule has 0 saturated carbocycles. The number of aromatic nitrogens is 1. The highest BCUT2D eigenvalue weighted by Gasteiger charge is 2.33. The van der Waals surface area contributed by atoms with Gasteiger partial charge >= 0.3 is 12.1 Å². The third kappa shape index (κ3) is 4.69. The molecule has 0 saturated heterocycles. The number of hydrogen-bond donors (Lipinski definition) is 3. The lowest BCUT2D eigenvalue weighted by Crippen LogP contribution is -2.14. The molecule has 1 aromatic rings. The number of anilines is 1. The van der Waals surface area contributed by atoms with Crippen LogP contribution < -0.4 is 5.32 Å². The number of carbonyl (C=O) groups is 1. The molecule has 3 N–H and O–H groups in total. The summed E-state index contributed by atoms with van der Waals surface area (Å²) in [6.07, 6.45) is -2.75. The van der Waals surface area contributed by atoms with Crippen LogP contribution in [0.25, 0.3) is 0 Å². The second-order valence-corrected chi connectivity index (χ2v) is 4.11. The van der Waals surface area contributed by atoms with Gasteiger partial charge in [0.05, 0.1) is 0 Å². The van der Waals surface area contributed by atoms with Crippen molar-refractivity contribution in [1.82, 2.24) is 4.98 Å². The average molecular weight is 292 g/mol. The average Bonchev–Trinajstić information content (AvgIpc) is 2.37. The Morgan fingerprint density at radius 1 is 1.25 bits per heavy atom. The predicted octanol–water partition coefficient (Wildman–Crippen LogP) is 2.37. The molecule has 112 valence electrons. The van der Waals surface area contributed by atoms with Gasteiger partial charge in [0.25, 0.3) is 0 Å². The lowest BCUT2D eigenvalue weighted by Gasteiger charge is -2.12. The number of unbranched alkanes of at least 4 members (excludes halogenated alkanes) is 2. The quantitative estimate of drug-likeness (QED) is 0.672. The molecule has 0 aliphatic rings. The molecule has 0 aliphatic carbocycles. The number of pyridine rings is 1. The summed E-state index contributed by atoms with van der Waals surface area (Å²) < 4.78 is 37.6. The molecule has 1 heterocycles. The minimum absolute atomic E-state index is 0.0438. The van der Waals surface area contributed by atoms with Crippen LogP contribution in [-0.4, -0.2) is 34.3 Å². The Bertz CT molecular complexity index is 464. The summed E-state index contributed by atoms with van der Waals surface area (Å²) >= 11 is 0. The van der Waals surface area contributed by atoms with Gasteiger partial charge in [-0.15, -0.1) is 0 Å². The van der Waals surface area contributed by atoms with E-state index in [0.717, 1.165) is 6.07 Å². The molecule has 0 aromatic carbocycles. The van der Waals surface area contributed by atoms with Crippen molar-refractivity contribution in [2.75, 3.05) is 18.5 Å². The molecule has 0 spiro atoms. The summed E-state index contributed by atoms with van der Waals surface area (Å²) in [5.74, 6) is -1.64. The summed E-state index contributed by atoms with van der Waals surface area (Å²) in [6, 6.07) is 1.52. The number of rotatable bonds is 7. The summed E-state index contributed by atoms with van der Waals surface area (Å²) in [7, 11) is 0. The molecule has 1 aromatic heterocycles. The van der Waals surface area contributed by atoms with E-state index in [0.29, 0.717) is 25.3 Å². The number of carboxylic acid groups (broad SMARTS) is 1. The number of nitrogens with zero attached hydrogens (tertiary/aromatic N) is 1. The second-order valence-electron chi connectivity index (χ2n) is 4.11. The summed E-state index contributed by atoms with van der Waals surface area (Å²) in [5.41, 5.74) is -1.44. The standard InChI is InChI=1S/C12H15F3N2O3/c13-12(14,15)9-5-4-8(11(19)20)10(17-9)16-6-2-1-3-7-18/h4-5,18H,1-3,6-7H2,(H,16,17)(H,19,20). The Morgan fingerprint density at radius 2 is 1.95 bits per heavy atom. The van der Waals surface area contributed by atoms with E-state index in [1.165, 1.54) is 0 Å². The number of hydrogen-bond acceptors (Lipinski definition) is 4. The molecule has 0 fully saturated rings. The molecule has 0 amide bonds. The van der Waals surface area contributed by atoms with Gasteiger partial charge in [0, 0.05) is 13.2 Å². The molecule has 0 radical (unpaired) electrons. The van der Waals surface area contributed by atoms with Crippen LogP contribution in [0.1, 0.15) is 35.3 Å². The van der Waals surface area contributed by atoms with Crippen molar-refractivity contribution in [2.24, 2.45) is 0 Å². The Hall–Kier alpha value is -1.83. The van der Waals surface area contributed by atoms with E-state index in [4.69, 9.17) is 10.2 Å². The van der Waals surface area contributed by atoms with Gasteiger partial charge in [0.15, 0.2) is 0 Å². The monoisotopic (exact) mass is 292 g/mol. The third-order valence-corrected chi connectivity index (χ3v) is 2.54. The number of aromatic carboxylic acids is 1. The highest BCUT2D eigenvalue weighted by molar-refractivity contribution is 5.93. The third-order valence-electron chi connectivity index (χ3n) is 2.54. The first kappa shape index (κ1) is 16.2. The van der Waals surface area contributed by atoms with Gasteiger partial charge in [-0.05, 0) is 31.4 Å². The van der Waals surface area contributed by atoms with Crippen molar-refractivity contribution in [3.8, 4) is 0 Å². The predicted molar refractivity (Wildman–Crippen MR) is 65.6 cm³/mol. The maximum absolute atomic E-state index is 12.5. The van der Waals surface area contributed by atoms with E-state index in [9.17, 15) is 18.0 Å². The highest BCUT2D eigenvalue weighted by Crippen LogP contribution is 2.29. The van der Waals surface area contributed by atoms with Crippen LogP contribution in [0.15, 0.2) is 12.1 Å². The maximum Gasteiger partial charge on any atom is 0.433 e. The zero-order valence-electron chi connectivity index (χ0n) is 10.6. The lowest BCUT2D eigenvalue weighted by atomic mass is 10.2. The van der Waals surface area contributed by atoms with Gasteiger partial charge < -0.3 is 15.5 Å². The number of nitrogens with one attached hydrogen (secondary N) is 1. The summed E-state index contributed by atoms with van der Waals surface area (Å²) in [4.78, 5) is 14.2. The van der Waals surface area contributed by atoms with E-state index in [2.05, 4.69) is 10.3 Å². The minimum atomic E-state index is -4.62. The second kappa shape index (κ2) is 7.09. The summed E-state index contributed by atoms with van der Waals surface area (Å²) in [5, 5.41) is 20.1. The Morgan fingerprint density at radius 3 is 2.50 bits per heavy atom. The van der Waals surface area contributed by atoms with Crippen molar-refractivity contribution in [3.63, 3.8) is 0 Å². The molecule has 0 aliphatic heterocycles. The zero-order chi connectivity index (χ0) is 15.2. The molecule has 1 rings (SSSR count). The normalized spacial score (nSPS) is 11.4. The number of aliphatic hydroxyl groups is 1. The van der Waals surface area contributed by atoms with Crippen molar-refractivity contribution < 1.29 is 28.2 Å². The van der Waals surface area contributed by atoms with Crippen LogP contribution in [0.5, 0.6) is 0 Å². The van der Waals surface area contributed by atoms with Crippen molar-refractivity contribution in [3.05, 3.63) is 23.4 Å². The van der Waals surface area contributed by atoms with Gasteiger partial charge in [-0.1, -0.05) is 0 Å². The Kier molecular flexibility index (Phi) is 5.75. The molecular weight excluding hydrogens is 277 g/mol. The smallest absolute Gasteiger partial charge is 0.433 e. The Labute approximate surface area is 113 Å². The van der Waals surface area contributed by atoms with Crippen LogP contribution in [0.3, 0.4) is 0 Å². The molecule has 8 heteroatoms. The van der Waals surface area contributed by atoms with Crippen LogP contribution in [-0.2, 0) is 6.18 Å².